The first kappa shape index (κ1) is 13.3. The first-order chi connectivity index (χ1) is 9.17. The molecule has 98 valence electrons. The van der Waals surface area contributed by atoms with Crippen molar-refractivity contribution in [3.63, 3.8) is 0 Å². The van der Waals surface area contributed by atoms with Crippen molar-refractivity contribution in [3.8, 4) is 23.0 Å². The van der Waals surface area contributed by atoms with Crippen LogP contribution < -0.4 is 14.9 Å². The van der Waals surface area contributed by atoms with Gasteiger partial charge in [-0.2, -0.15) is 4.98 Å². The summed E-state index contributed by atoms with van der Waals surface area (Å²) in [7, 11) is 1.35. The van der Waals surface area contributed by atoms with Crippen LogP contribution in [0, 0.1) is 0 Å². The van der Waals surface area contributed by atoms with Crippen LogP contribution in [-0.2, 0) is 0 Å². The van der Waals surface area contributed by atoms with Gasteiger partial charge < -0.3 is 19.5 Å². The van der Waals surface area contributed by atoms with E-state index in [1.165, 1.54) is 20.4 Å². The largest absolute Gasteiger partial charge is 0.489 e. The minimum absolute atomic E-state index is 0.183. The number of hydrogen-bond acceptors (Lipinski definition) is 6. The average Bonchev–Trinajstić information content (AvgIpc) is 2.46. The standard InChI is InChI=1S/C12H13BN2O4/c1-18-11-9(7-14-12(15-11)19-2)8-5-3-4-6-10(8)13(16)17/h3-7,16-17H,1-2H3. The van der Waals surface area contributed by atoms with Crippen molar-refractivity contribution in [1.29, 1.82) is 0 Å². The summed E-state index contributed by atoms with van der Waals surface area (Å²) in [5, 5.41) is 18.8. The van der Waals surface area contributed by atoms with Gasteiger partial charge in [0.15, 0.2) is 0 Å². The summed E-state index contributed by atoms with van der Waals surface area (Å²) < 4.78 is 10.1. The second kappa shape index (κ2) is 5.68. The Morgan fingerprint density at radius 1 is 1.05 bits per heavy atom. The van der Waals surface area contributed by atoms with Crippen molar-refractivity contribution in [1.82, 2.24) is 9.97 Å². The maximum atomic E-state index is 9.38. The zero-order chi connectivity index (χ0) is 13.8. The highest BCUT2D eigenvalue weighted by atomic mass is 16.5. The first-order valence-corrected chi connectivity index (χ1v) is 5.57. The molecule has 1 aromatic carbocycles. The topological polar surface area (TPSA) is 84.7 Å². The van der Waals surface area contributed by atoms with Gasteiger partial charge in [0.2, 0.25) is 5.88 Å². The van der Waals surface area contributed by atoms with Gasteiger partial charge in [-0.05, 0) is 11.0 Å². The number of methoxy groups -OCH3 is 2. The molecule has 1 aromatic heterocycles. The second-order valence-corrected chi connectivity index (χ2v) is 3.74. The van der Waals surface area contributed by atoms with Gasteiger partial charge in [0.25, 0.3) is 0 Å². The normalized spacial score (nSPS) is 10.1. The summed E-state index contributed by atoms with van der Waals surface area (Å²) in [6, 6.07) is 7.04. The van der Waals surface area contributed by atoms with Crippen LogP contribution in [0.5, 0.6) is 11.9 Å². The third-order valence-corrected chi connectivity index (χ3v) is 2.64. The predicted molar refractivity (Wildman–Crippen MR) is 70.4 cm³/mol. The zero-order valence-corrected chi connectivity index (χ0v) is 10.6. The summed E-state index contributed by atoms with van der Waals surface area (Å²) in [6.45, 7) is 0. The van der Waals surface area contributed by atoms with E-state index >= 15 is 0 Å². The molecule has 0 aliphatic rings. The third kappa shape index (κ3) is 2.67. The zero-order valence-electron chi connectivity index (χ0n) is 10.6. The SMILES string of the molecule is COc1ncc(-c2ccccc2B(O)O)c(OC)n1. The van der Waals surface area contributed by atoms with Gasteiger partial charge in [-0.1, -0.05) is 24.3 Å². The first-order valence-electron chi connectivity index (χ1n) is 5.57. The van der Waals surface area contributed by atoms with Gasteiger partial charge in [0.1, 0.15) is 0 Å². The molecule has 0 bridgehead atoms. The molecule has 0 radical (unpaired) electrons. The smallest absolute Gasteiger partial charge is 0.480 e. The van der Waals surface area contributed by atoms with Crippen molar-refractivity contribution in [3.05, 3.63) is 30.5 Å². The fourth-order valence-electron chi connectivity index (χ4n) is 1.76. The molecule has 7 heteroatoms. The van der Waals surface area contributed by atoms with Crippen LogP contribution in [-0.4, -0.2) is 41.4 Å². The minimum atomic E-state index is -1.58. The molecule has 19 heavy (non-hydrogen) atoms. The highest BCUT2D eigenvalue weighted by Crippen LogP contribution is 2.27. The third-order valence-electron chi connectivity index (χ3n) is 2.64. The van der Waals surface area contributed by atoms with E-state index in [1.807, 2.05) is 0 Å². The summed E-state index contributed by atoms with van der Waals surface area (Å²) in [5.41, 5.74) is 1.51. The number of ether oxygens (including phenoxy) is 2. The van der Waals surface area contributed by atoms with Gasteiger partial charge in [-0.3, -0.25) is 0 Å². The van der Waals surface area contributed by atoms with Crippen LogP contribution in [0.3, 0.4) is 0 Å². The van der Waals surface area contributed by atoms with Crippen molar-refractivity contribution >= 4 is 12.6 Å². The van der Waals surface area contributed by atoms with Crippen LogP contribution >= 0.6 is 0 Å². The fourth-order valence-corrected chi connectivity index (χ4v) is 1.76. The van der Waals surface area contributed by atoms with Crippen LogP contribution in [0.1, 0.15) is 0 Å². The Balaban J connectivity index is 2.58. The van der Waals surface area contributed by atoms with Crippen molar-refractivity contribution in [2.45, 2.75) is 0 Å². The minimum Gasteiger partial charge on any atom is -0.480 e. The second-order valence-electron chi connectivity index (χ2n) is 3.74. The van der Waals surface area contributed by atoms with Crippen LogP contribution in [0.25, 0.3) is 11.1 Å². The lowest BCUT2D eigenvalue weighted by Gasteiger charge is -2.12. The van der Waals surface area contributed by atoms with Crippen molar-refractivity contribution in [2.24, 2.45) is 0 Å². The Morgan fingerprint density at radius 3 is 2.42 bits per heavy atom. The lowest BCUT2D eigenvalue weighted by molar-refractivity contribution is 0.353. The molecule has 0 saturated heterocycles. The molecule has 0 amide bonds. The molecule has 0 saturated carbocycles. The maximum absolute atomic E-state index is 9.38. The number of nitrogens with zero attached hydrogens (tertiary/aromatic N) is 2. The van der Waals surface area contributed by atoms with Crippen molar-refractivity contribution in [2.75, 3.05) is 14.2 Å². The Labute approximate surface area is 110 Å². The molecule has 0 aliphatic carbocycles. The Morgan fingerprint density at radius 2 is 1.79 bits per heavy atom. The molecule has 6 nitrogen and oxygen atoms in total. The fraction of sp³-hybridized carbons (Fsp3) is 0.167. The molecule has 2 N–H and O–H groups in total. The van der Waals surface area contributed by atoms with E-state index in [0.717, 1.165) is 0 Å². The lowest BCUT2D eigenvalue weighted by atomic mass is 9.76. The number of hydrogen-bond donors (Lipinski definition) is 2. The lowest BCUT2D eigenvalue weighted by Crippen LogP contribution is -2.31. The van der Waals surface area contributed by atoms with E-state index in [4.69, 9.17) is 9.47 Å². The van der Waals surface area contributed by atoms with E-state index in [-0.39, 0.29) is 6.01 Å². The molecule has 0 atom stereocenters. The van der Waals surface area contributed by atoms with Gasteiger partial charge in [-0.15, -0.1) is 0 Å². The molecular weight excluding hydrogens is 247 g/mol. The molecule has 0 aliphatic heterocycles. The number of aromatic nitrogens is 2. The van der Waals surface area contributed by atoms with Gasteiger partial charge in [-0.25, -0.2) is 4.98 Å². The highest BCUT2D eigenvalue weighted by Gasteiger charge is 2.20. The quantitative estimate of drug-likeness (QED) is 0.743. The highest BCUT2D eigenvalue weighted by molar-refractivity contribution is 6.60. The maximum Gasteiger partial charge on any atom is 0.489 e. The molecule has 0 fully saturated rings. The predicted octanol–water partition coefficient (Wildman–Crippen LogP) is -0.159. The molecule has 1 heterocycles. The van der Waals surface area contributed by atoms with Crippen LogP contribution in [0.4, 0.5) is 0 Å². The van der Waals surface area contributed by atoms with E-state index in [9.17, 15) is 10.0 Å². The number of rotatable bonds is 4. The molecule has 2 aromatic rings. The van der Waals surface area contributed by atoms with Crippen molar-refractivity contribution < 1.29 is 19.5 Å². The van der Waals surface area contributed by atoms with Gasteiger partial charge >= 0.3 is 13.1 Å². The van der Waals surface area contributed by atoms with Crippen LogP contribution in [0.15, 0.2) is 30.5 Å². The summed E-state index contributed by atoms with van der Waals surface area (Å²) in [5.74, 6) is 0.306. The number of benzene rings is 1. The molecular formula is C12H13BN2O4. The summed E-state index contributed by atoms with van der Waals surface area (Å²) in [6.07, 6.45) is 1.52. The summed E-state index contributed by atoms with van der Waals surface area (Å²) in [4.78, 5) is 8.07. The van der Waals surface area contributed by atoms with Crippen LogP contribution in [0.2, 0.25) is 0 Å². The molecule has 0 unspecified atom stereocenters. The van der Waals surface area contributed by atoms with E-state index < -0.39 is 7.12 Å². The Hall–Kier alpha value is -2.12. The summed E-state index contributed by atoms with van der Waals surface area (Å²) >= 11 is 0. The van der Waals surface area contributed by atoms with E-state index in [0.29, 0.717) is 22.5 Å². The molecule has 0 spiro atoms. The van der Waals surface area contributed by atoms with E-state index in [2.05, 4.69) is 9.97 Å². The van der Waals surface area contributed by atoms with Gasteiger partial charge in [0.05, 0.1) is 19.8 Å². The van der Waals surface area contributed by atoms with E-state index in [1.54, 1.807) is 24.3 Å². The Bertz CT molecular complexity index is 577. The average molecular weight is 260 g/mol. The molecule has 2 rings (SSSR count). The van der Waals surface area contributed by atoms with Gasteiger partial charge in [0, 0.05) is 6.20 Å². The Kier molecular flexibility index (Phi) is 3.98. The monoisotopic (exact) mass is 260 g/mol.